The highest BCUT2D eigenvalue weighted by Gasteiger charge is 2.12. The summed E-state index contributed by atoms with van der Waals surface area (Å²) in [6.07, 6.45) is 0. The molecule has 0 spiro atoms. The van der Waals surface area contributed by atoms with E-state index in [2.05, 4.69) is 19.9 Å². The molecule has 0 aliphatic carbocycles. The zero-order valence-corrected chi connectivity index (χ0v) is 18.8. The molecule has 5 rings (SSSR count). The van der Waals surface area contributed by atoms with Gasteiger partial charge in [0.25, 0.3) is 0 Å². The van der Waals surface area contributed by atoms with E-state index in [1.165, 1.54) is 0 Å². The van der Waals surface area contributed by atoms with Gasteiger partial charge < -0.3 is 9.47 Å². The van der Waals surface area contributed by atoms with Gasteiger partial charge in [-0.25, -0.2) is 0 Å². The molecule has 0 fully saturated rings. The van der Waals surface area contributed by atoms with Gasteiger partial charge in [0.15, 0.2) is 0 Å². The minimum atomic E-state index is 0.317. The second-order valence-corrected chi connectivity index (χ2v) is 7.56. The molecular weight excluding hydrogens is 424 g/mol. The third-order valence-electron chi connectivity index (χ3n) is 5.37. The lowest BCUT2D eigenvalue weighted by Gasteiger charge is -2.10. The Morgan fingerprint density at radius 2 is 0.765 bits per heavy atom. The molecule has 2 aromatic heterocycles. The number of rotatable bonds is 6. The Labute approximate surface area is 197 Å². The quantitative estimate of drug-likeness (QED) is 0.321. The average Bonchev–Trinajstić information content (AvgIpc) is 2.93. The molecule has 2 heterocycles. The summed E-state index contributed by atoms with van der Waals surface area (Å²) in [6.45, 7) is 0. The summed E-state index contributed by atoms with van der Waals surface area (Å²) in [6, 6.07) is 32.6. The number of ether oxygens (including phenoxy) is 2. The van der Waals surface area contributed by atoms with Gasteiger partial charge in [-0.15, -0.1) is 0 Å². The minimum absolute atomic E-state index is 0.317. The van der Waals surface area contributed by atoms with Crippen LogP contribution in [0.2, 0.25) is 0 Å². The monoisotopic (exact) mass is 446 g/mol. The van der Waals surface area contributed by atoms with Crippen molar-refractivity contribution in [2.24, 2.45) is 0 Å². The van der Waals surface area contributed by atoms with Crippen LogP contribution in [-0.2, 0) is 0 Å². The first kappa shape index (κ1) is 21.3. The summed E-state index contributed by atoms with van der Waals surface area (Å²) in [5.41, 5.74) is 6.95. The van der Waals surface area contributed by atoms with Gasteiger partial charge in [0, 0.05) is 22.3 Å². The van der Waals surface area contributed by atoms with Crippen molar-refractivity contribution in [3.8, 4) is 57.1 Å². The van der Waals surface area contributed by atoms with E-state index in [1.54, 1.807) is 14.2 Å². The first-order valence-electron chi connectivity index (χ1n) is 10.8. The van der Waals surface area contributed by atoms with Crippen molar-refractivity contribution in [3.05, 3.63) is 97.1 Å². The largest absolute Gasteiger partial charge is 0.467 e. The molecule has 0 amide bonds. The van der Waals surface area contributed by atoms with E-state index < -0.39 is 0 Å². The van der Waals surface area contributed by atoms with E-state index in [-0.39, 0.29) is 0 Å². The van der Waals surface area contributed by atoms with Crippen LogP contribution >= 0.6 is 0 Å². The van der Waals surface area contributed by atoms with Crippen LogP contribution in [0.3, 0.4) is 0 Å². The highest BCUT2D eigenvalue weighted by atomic mass is 16.5. The molecule has 166 valence electrons. The van der Waals surface area contributed by atoms with Gasteiger partial charge >= 0.3 is 12.0 Å². The Hall–Kier alpha value is -4.58. The Morgan fingerprint density at radius 3 is 1.15 bits per heavy atom. The highest BCUT2D eigenvalue weighted by Crippen LogP contribution is 2.30. The van der Waals surface area contributed by atoms with Crippen LogP contribution < -0.4 is 9.47 Å². The van der Waals surface area contributed by atoms with E-state index in [1.807, 2.05) is 97.1 Å². The van der Waals surface area contributed by atoms with E-state index in [0.29, 0.717) is 12.0 Å². The maximum absolute atomic E-state index is 5.39. The van der Waals surface area contributed by atoms with Gasteiger partial charge in [-0.1, -0.05) is 78.9 Å². The zero-order chi connectivity index (χ0) is 23.3. The predicted molar refractivity (Wildman–Crippen MR) is 132 cm³/mol. The molecule has 0 bridgehead atoms. The topological polar surface area (TPSA) is 70.0 Å². The first-order chi connectivity index (χ1) is 16.7. The van der Waals surface area contributed by atoms with Crippen molar-refractivity contribution in [1.82, 2.24) is 19.9 Å². The molecule has 0 radical (unpaired) electrons. The van der Waals surface area contributed by atoms with Gasteiger partial charge in [0.05, 0.1) is 37.0 Å². The molecule has 0 saturated carbocycles. The molecule has 0 saturated heterocycles. The predicted octanol–water partition coefficient (Wildman–Crippen LogP) is 5.95. The molecule has 0 aliphatic heterocycles. The molecule has 34 heavy (non-hydrogen) atoms. The van der Waals surface area contributed by atoms with Gasteiger partial charge in [-0.2, -0.15) is 19.9 Å². The molecular formula is C28H22N4O2. The van der Waals surface area contributed by atoms with Crippen molar-refractivity contribution in [1.29, 1.82) is 0 Å². The highest BCUT2D eigenvalue weighted by molar-refractivity contribution is 5.74. The van der Waals surface area contributed by atoms with E-state index in [4.69, 9.17) is 9.47 Å². The summed E-state index contributed by atoms with van der Waals surface area (Å²) >= 11 is 0. The molecule has 5 aromatic rings. The van der Waals surface area contributed by atoms with Crippen molar-refractivity contribution in [2.45, 2.75) is 0 Å². The second kappa shape index (κ2) is 9.50. The van der Waals surface area contributed by atoms with Crippen molar-refractivity contribution >= 4 is 0 Å². The fourth-order valence-corrected chi connectivity index (χ4v) is 3.68. The van der Waals surface area contributed by atoms with Crippen LogP contribution in [0.25, 0.3) is 45.0 Å². The molecule has 6 nitrogen and oxygen atoms in total. The average molecular weight is 447 g/mol. The smallest absolute Gasteiger partial charge is 0.317 e. The maximum Gasteiger partial charge on any atom is 0.317 e. The maximum atomic E-state index is 5.39. The number of methoxy groups -OCH3 is 2. The SMILES string of the molecule is COc1nc(-c2ccccc2)cc(-c2cccc(-c3cc(-c4ccccc4)nc(OC)n3)c2)n1. The normalized spacial score (nSPS) is 10.6. The van der Waals surface area contributed by atoms with E-state index in [0.717, 1.165) is 45.0 Å². The van der Waals surface area contributed by atoms with Gasteiger partial charge in [0.1, 0.15) is 0 Å². The van der Waals surface area contributed by atoms with Crippen molar-refractivity contribution < 1.29 is 9.47 Å². The first-order valence-corrected chi connectivity index (χ1v) is 10.8. The molecule has 3 aromatic carbocycles. The molecule has 6 heteroatoms. The Bertz CT molecular complexity index is 1320. The Balaban J connectivity index is 1.59. The van der Waals surface area contributed by atoms with Crippen LogP contribution in [0.15, 0.2) is 97.1 Å². The Kier molecular flexibility index (Phi) is 5.95. The van der Waals surface area contributed by atoms with Crippen LogP contribution in [0.5, 0.6) is 12.0 Å². The molecule has 0 N–H and O–H groups in total. The lowest BCUT2D eigenvalue weighted by atomic mass is 10.0. The van der Waals surface area contributed by atoms with Crippen LogP contribution in [-0.4, -0.2) is 34.2 Å². The minimum Gasteiger partial charge on any atom is -0.467 e. The van der Waals surface area contributed by atoms with Crippen molar-refractivity contribution in [3.63, 3.8) is 0 Å². The van der Waals surface area contributed by atoms with Gasteiger partial charge in [0.2, 0.25) is 0 Å². The number of hydrogen-bond acceptors (Lipinski definition) is 6. The fraction of sp³-hybridized carbons (Fsp3) is 0.0714. The lowest BCUT2D eigenvalue weighted by Crippen LogP contribution is -1.98. The summed E-state index contributed by atoms with van der Waals surface area (Å²) in [4.78, 5) is 18.2. The fourth-order valence-electron chi connectivity index (χ4n) is 3.68. The van der Waals surface area contributed by atoms with E-state index >= 15 is 0 Å². The summed E-state index contributed by atoms with van der Waals surface area (Å²) in [7, 11) is 3.14. The number of benzene rings is 3. The van der Waals surface area contributed by atoms with Crippen LogP contribution in [0, 0.1) is 0 Å². The summed E-state index contributed by atoms with van der Waals surface area (Å²) in [5, 5.41) is 0. The van der Waals surface area contributed by atoms with Crippen molar-refractivity contribution in [2.75, 3.05) is 14.2 Å². The third kappa shape index (κ3) is 4.47. The zero-order valence-electron chi connectivity index (χ0n) is 18.8. The Morgan fingerprint density at radius 1 is 0.412 bits per heavy atom. The summed E-state index contributed by atoms with van der Waals surface area (Å²) in [5.74, 6) is 0. The number of aromatic nitrogens is 4. The molecule has 0 atom stereocenters. The molecule has 0 unspecified atom stereocenters. The van der Waals surface area contributed by atoms with Gasteiger partial charge in [-0.3, -0.25) is 0 Å². The number of hydrogen-bond donors (Lipinski definition) is 0. The molecule has 0 aliphatic rings. The standard InChI is InChI=1S/C28H22N4O2/c1-33-27-29-23(19-10-5-3-6-11-19)17-25(31-27)21-14-9-15-22(16-21)26-18-24(30-28(32-26)34-2)20-12-7-4-8-13-20/h3-18H,1-2H3. The third-order valence-corrected chi connectivity index (χ3v) is 5.37. The van der Waals surface area contributed by atoms with Crippen LogP contribution in [0.4, 0.5) is 0 Å². The van der Waals surface area contributed by atoms with Gasteiger partial charge in [-0.05, 0) is 18.2 Å². The second-order valence-electron chi connectivity index (χ2n) is 7.56. The number of nitrogens with zero attached hydrogens (tertiary/aromatic N) is 4. The summed E-state index contributed by atoms with van der Waals surface area (Å²) < 4.78 is 10.8. The lowest BCUT2D eigenvalue weighted by molar-refractivity contribution is 0.381. The van der Waals surface area contributed by atoms with Crippen LogP contribution in [0.1, 0.15) is 0 Å². The van der Waals surface area contributed by atoms with E-state index in [9.17, 15) is 0 Å².